The van der Waals surface area contributed by atoms with Gasteiger partial charge in [0.05, 0.1) is 5.56 Å². The van der Waals surface area contributed by atoms with Crippen molar-refractivity contribution >= 4 is 11.8 Å². The number of rotatable bonds is 1. The smallest absolute Gasteiger partial charge is 0.166 e. The largest absolute Gasteiger partial charge is 0.417 e. The highest BCUT2D eigenvalue weighted by Gasteiger charge is 2.32. The van der Waals surface area contributed by atoms with E-state index in [9.17, 15) is 13.2 Å². The average molecular weight is 191 g/mol. The highest BCUT2D eigenvalue weighted by atomic mass is 32.2. The Bertz CT molecular complexity index is 267. The molecule has 0 saturated heterocycles. The molecular weight excluding hydrogens is 185 g/mol. The van der Waals surface area contributed by atoms with Gasteiger partial charge in [0.2, 0.25) is 0 Å². The predicted molar refractivity (Wildman–Crippen MR) is 42.1 cm³/mol. The normalized spacial score (nSPS) is 11.7. The predicted octanol–water partition coefficient (Wildman–Crippen LogP) is 3.23. The third-order valence-corrected chi connectivity index (χ3v) is 2.15. The Morgan fingerprint density at radius 3 is 2.50 bits per heavy atom. The van der Waals surface area contributed by atoms with E-state index in [0.717, 1.165) is 17.8 Å². The van der Waals surface area contributed by atoms with Crippen LogP contribution in [0.4, 0.5) is 13.2 Å². The molecule has 0 N–H and O–H groups in total. The molecule has 1 aromatic rings. The molecule has 0 aliphatic heterocycles. The molecule has 0 nitrogen and oxygen atoms in total. The van der Waals surface area contributed by atoms with E-state index in [2.05, 4.69) is 6.07 Å². The van der Waals surface area contributed by atoms with Crippen LogP contribution in [0, 0.1) is 6.07 Å². The zero-order chi connectivity index (χ0) is 9.19. The van der Waals surface area contributed by atoms with Crippen LogP contribution >= 0.6 is 11.8 Å². The standard InChI is InChI=1S/C8H6F3S/c1-12-7-5-3-2-4-6(7)8(9,10)11/h3-5H,1H3. The lowest BCUT2D eigenvalue weighted by Crippen LogP contribution is -2.06. The Morgan fingerprint density at radius 2 is 2.08 bits per heavy atom. The van der Waals surface area contributed by atoms with Gasteiger partial charge in [-0.2, -0.15) is 13.2 Å². The molecule has 0 spiro atoms. The molecule has 0 bridgehead atoms. The first-order valence-electron chi connectivity index (χ1n) is 3.17. The summed E-state index contributed by atoms with van der Waals surface area (Å²) in [5.74, 6) is 0. The Morgan fingerprint density at radius 1 is 1.42 bits per heavy atom. The van der Waals surface area contributed by atoms with Crippen LogP contribution in [0.1, 0.15) is 5.56 Å². The molecular formula is C8H6F3S. The lowest BCUT2D eigenvalue weighted by atomic mass is 10.2. The molecule has 1 radical (unpaired) electrons. The molecule has 0 fully saturated rings. The van der Waals surface area contributed by atoms with Gasteiger partial charge in [-0.15, -0.1) is 11.8 Å². The number of hydrogen-bond donors (Lipinski definition) is 0. The van der Waals surface area contributed by atoms with Crippen molar-refractivity contribution in [3.05, 3.63) is 29.8 Å². The fourth-order valence-electron chi connectivity index (χ4n) is 0.816. The fourth-order valence-corrected chi connectivity index (χ4v) is 1.41. The zero-order valence-corrected chi connectivity index (χ0v) is 7.09. The second kappa shape index (κ2) is 3.39. The van der Waals surface area contributed by atoms with Crippen molar-refractivity contribution in [2.24, 2.45) is 0 Å². The van der Waals surface area contributed by atoms with Crippen molar-refractivity contribution in [1.82, 2.24) is 0 Å². The van der Waals surface area contributed by atoms with Gasteiger partial charge < -0.3 is 0 Å². The van der Waals surface area contributed by atoms with Crippen molar-refractivity contribution in [1.29, 1.82) is 0 Å². The zero-order valence-electron chi connectivity index (χ0n) is 6.27. The number of halogens is 3. The van der Waals surface area contributed by atoms with Crippen molar-refractivity contribution < 1.29 is 13.2 Å². The summed E-state index contributed by atoms with van der Waals surface area (Å²) in [6, 6.07) is 6.26. The first-order valence-corrected chi connectivity index (χ1v) is 4.39. The molecule has 0 amide bonds. The van der Waals surface area contributed by atoms with Crippen LogP contribution in [-0.4, -0.2) is 6.26 Å². The monoisotopic (exact) mass is 191 g/mol. The first kappa shape index (κ1) is 9.45. The third kappa shape index (κ3) is 1.94. The Balaban J connectivity index is 3.14. The summed E-state index contributed by atoms with van der Waals surface area (Å²) in [5, 5.41) is 0. The summed E-state index contributed by atoms with van der Waals surface area (Å²) in [4.78, 5) is 0.237. The van der Waals surface area contributed by atoms with E-state index in [1.54, 1.807) is 6.26 Å². The number of alkyl halides is 3. The van der Waals surface area contributed by atoms with Gasteiger partial charge in [-0.05, 0) is 24.5 Å². The molecule has 0 heterocycles. The third-order valence-electron chi connectivity index (χ3n) is 1.35. The van der Waals surface area contributed by atoms with E-state index in [-0.39, 0.29) is 4.90 Å². The fraction of sp³-hybridized carbons (Fsp3) is 0.250. The molecule has 65 valence electrons. The second-order valence-corrected chi connectivity index (χ2v) is 2.97. The maximum Gasteiger partial charge on any atom is 0.417 e. The minimum absolute atomic E-state index is 0.237. The van der Waals surface area contributed by atoms with E-state index < -0.39 is 11.7 Å². The van der Waals surface area contributed by atoms with Crippen LogP contribution in [-0.2, 0) is 6.18 Å². The Hall–Kier alpha value is -0.640. The molecule has 0 saturated carbocycles. The molecule has 0 aliphatic rings. The maximum absolute atomic E-state index is 12.2. The van der Waals surface area contributed by atoms with Gasteiger partial charge in [-0.25, -0.2) is 0 Å². The highest BCUT2D eigenvalue weighted by molar-refractivity contribution is 7.98. The minimum Gasteiger partial charge on any atom is -0.166 e. The molecule has 1 rings (SSSR count). The lowest BCUT2D eigenvalue weighted by Gasteiger charge is -2.09. The van der Waals surface area contributed by atoms with Crippen molar-refractivity contribution in [3.8, 4) is 0 Å². The Kier molecular flexibility index (Phi) is 2.67. The average Bonchev–Trinajstić information content (AvgIpc) is 2.03. The summed E-state index contributed by atoms with van der Waals surface area (Å²) in [5.41, 5.74) is -0.613. The van der Waals surface area contributed by atoms with Gasteiger partial charge in [0.1, 0.15) is 0 Å². The van der Waals surface area contributed by atoms with Crippen molar-refractivity contribution in [2.45, 2.75) is 11.1 Å². The van der Waals surface area contributed by atoms with E-state index in [1.807, 2.05) is 0 Å². The van der Waals surface area contributed by atoms with Crippen LogP contribution in [0.3, 0.4) is 0 Å². The van der Waals surface area contributed by atoms with E-state index in [4.69, 9.17) is 0 Å². The molecule has 0 aromatic heterocycles. The van der Waals surface area contributed by atoms with Crippen molar-refractivity contribution in [2.75, 3.05) is 6.26 Å². The SMILES string of the molecule is CSc1cc[c]cc1C(F)(F)F. The number of hydrogen-bond acceptors (Lipinski definition) is 1. The number of thioether (sulfide) groups is 1. The van der Waals surface area contributed by atoms with Crippen LogP contribution < -0.4 is 0 Å². The maximum atomic E-state index is 12.2. The summed E-state index contributed by atoms with van der Waals surface area (Å²) >= 11 is 1.08. The van der Waals surface area contributed by atoms with E-state index in [0.29, 0.717) is 0 Å². The number of benzene rings is 1. The molecule has 0 aliphatic carbocycles. The van der Waals surface area contributed by atoms with Gasteiger partial charge >= 0.3 is 6.18 Å². The summed E-state index contributed by atoms with van der Waals surface area (Å²) < 4.78 is 36.6. The van der Waals surface area contributed by atoms with Gasteiger partial charge in [-0.3, -0.25) is 0 Å². The lowest BCUT2D eigenvalue weighted by molar-refractivity contribution is -0.139. The minimum atomic E-state index is -4.27. The summed E-state index contributed by atoms with van der Waals surface area (Å²) in [6.07, 6.45) is -2.65. The molecule has 12 heavy (non-hydrogen) atoms. The van der Waals surface area contributed by atoms with Gasteiger partial charge in [0, 0.05) is 4.90 Å². The van der Waals surface area contributed by atoms with Crippen LogP contribution in [0.25, 0.3) is 0 Å². The molecule has 0 unspecified atom stereocenters. The first-order chi connectivity index (χ1) is 5.55. The van der Waals surface area contributed by atoms with E-state index in [1.165, 1.54) is 12.1 Å². The van der Waals surface area contributed by atoms with Crippen molar-refractivity contribution in [3.63, 3.8) is 0 Å². The van der Waals surface area contributed by atoms with Crippen LogP contribution in [0.15, 0.2) is 23.1 Å². The van der Waals surface area contributed by atoms with E-state index >= 15 is 0 Å². The molecule has 1 aromatic carbocycles. The quantitative estimate of drug-likeness (QED) is 0.614. The van der Waals surface area contributed by atoms with Crippen LogP contribution in [0.2, 0.25) is 0 Å². The van der Waals surface area contributed by atoms with Gasteiger partial charge in [0.25, 0.3) is 0 Å². The topological polar surface area (TPSA) is 0 Å². The Labute approximate surface area is 72.8 Å². The highest BCUT2D eigenvalue weighted by Crippen LogP contribution is 2.35. The summed E-state index contributed by atoms with van der Waals surface area (Å²) in [6.45, 7) is 0. The second-order valence-electron chi connectivity index (χ2n) is 2.12. The van der Waals surface area contributed by atoms with Gasteiger partial charge in [0.15, 0.2) is 0 Å². The molecule has 4 heteroatoms. The van der Waals surface area contributed by atoms with Gasteiger partial charge in [-0.1, -0.05) is 6.07 Å². The summed E-state index contributed by atoms with van der Waals surface area (Å²) in [7, 11) is 0. The molecule has 0 atom stereocenters. The van der Waals surface area contributed by atoms with Crippen LogP contribution in [0.5, 0.6) is 0 Å².